The van der Waals surface area contributed by atoms with Crippen molar-refractivity contribution >= 4 is 14.5 Å². The summed E-state index contributed by atoms with van der Waals surface area (Å²) in [7, 11) is -0.561. The van der Waals surface area contributed by atoms with E-state index in [0.717, 1.165) is 5.19 Å². The highest BCUT2D eigenvalue weighted by Gasteiger charge is 2.09. The molecule has 1 rings (SSSR count). The van der Waals surface area contributed by atoms with Crippen molar-refractivity contribution in [3.05, 3.63) is 30.3 Å². The molecule has 1 N–H and O–H groups in total. The third-order valence-electron chi connectivity index (χ3n) is 1.65. The van der Waals surface area contributed by atoms with Crippen LogP contribution in [-0.4, -0.2) is 34.4 Å². The molecule has 3 nitrogen and oxygen atoms in total. The molecule has 1 aromatic rings. The zero-order chi connectivity index (χ0) is 9.52. The molecular formula is C9H14O3Si. The van der Waals surface area contributed by atoms with Crippen molar-refractivity contribution in [2.75, 3.05) is 20.3 Å². The average Bonchev–Trinajstić information content (AvgIpc) is 2.19. The summed E-state index contributed by atoms with van der Waals surface area (Å²) in [4.78, 5) is 9.61. The zero-order valence-electron chi connectivity index (χ0n) is 7.64. The maximum atomic E-state index is 9.61. The van der Waals surface area contributed by atoms with Crippen molar-refractivity contribution in [1.29, 1.82) is 0 Å². The Bertz CT molecular complexity index is 228. The van der Waals surface area contributed by atoms with Crippen LogP contribution in [0.2, 0.25) is 0 Å². The monoisotopic (exact) mass is 198 g/mol. The lowest BCUT2D eigenvalue weighted by Crippen LogP contribution is -2.34. The van der Waals surface area contributed by atoms with Crippen molar-refractivity contribution in [2.45, 2.75) is 0 Å². The summed E-state index contributed by atoms with van der Waals surface area (Å²) < 4.78 is 10.1. The van der Waals surface area contributed by atoms with E-state index in [1.165, 1.54) is 0 Å². The zero-order valence-corrected chi connectivity index (χ0v) is 8.80. The standard InChI is InChI=1S/C9H14O3Si/c1-11-7-8-12-13(10)9-5-3-2-4-6-9/h2-6,10,13H,7-8H2,1H3. The van der Waals surface area contributed by atoms with Gasteiger partial charge in [0.25, 0.3) is 0 Å². The van der Waals surface area contributed by atoms with Gasteiger partial charge in [0, 0.05) is 7.11 Å². The first-order valence-corrected chi connectivity index (χ1v) is 5.74. The van der Waals surface area contributed by atoms with Crippen LogP contribution in [0.4, 0.5) is 0 Å². The Morgan fingerprint density at radius 2 is 1.92 bits per heavy atom. The van der Waals surface area contributed by atoms with E-state index in [2.05, 4.69) is 0 Å². The minimum atomic E-state index is -2.17. The normalized spacial score (nSPS) is 12.8. The van der Waals surface area contributed by atoms with E-state index in [4.69, 9.17) is 9.16 Å². The molecule has 0 aliphatic heterocycles. The molecule has 0 heterocycles. The first-order chi connectivity index (χ1) is 6.34. The highest BCUT2D eigenvalue weighted by atomic mass is 28.3. The molecule has 0 spiro atoms. The third kappa shape index (κ3) is 3.69. The lowest BCUT2D eigenvalue weighted by molar-refractivity contribution is 0.136. The van der Waals surface area contributed by atoms with Crippen LogP contribution in [0.5, 0.6) is 0 Å². The van der Waals surface area contributed by atoms with Gasteiger partial charge < -0.3 is 14.0 Å². The maximum absolute atomic E-state index is 9.61. The van der Waals surface area contributed by atoms with Crippen LogP contribution >= 0.6 is 0 Å². The fraction of sp³-hybridized carbons (Fsp3) is 0.333. The van der Waals surface area contributed by atoms with Gasteiger partial charge in [0.15, 0.2) is 0 Å². The largest absolute Gasteiger partial charge is 0.410 e. The van der Waals surface area contributed by atoms with Crippen LogP contribution in [0.3, 0.4) is 0 Å². The van der Waals surface area contributed by atoms with E-state index in [1.54, 1.807) is 7.11 Å². The molecule has 1 atom stereocenters. The molecule has 0 saturated heterocycles. The number of hydrogen-bond acceptors (Lipinski definition) is 3. The second-order valence-electron chi connectivity index (χ2n) is 2.63. The lowest BCUT2D eigenvalue weighted by atomic mass is 10.4. The van der Waals surface area contributed by atoms with Gasteiger partial charge in [-0.2, -0.15) is 0 Å². The van der Waals surface area contributed by atoms with Crippen molar-refractivity contribution in [2.24, 2.45) is 0 Å². The second-order valence-corrected chi connectivity index (χ2v) is 4.33. The van der Waals surface area contributed by atoms with E-state index in [9.17, 15) is 4.80 Å². The van der Waals surface area contributed by atoms with E-state index in [1.807, 2.05) is 30.3 Å². The Hall–Kier alpha value is -0.683. The molecule has 1 aromatic carbocycles. The van der Waals surface area contributed by atoms with E-state index < -0.39 is 9.28 Å². The van der Waals surface area contributed by atoms with Crippen LogP contribution in [0.15, 0.2) is 30.3 Å². The van der Waals surface area contributed by atoms with Gasteiger partial charge in [-0.1, -0.05) is 30.3 Å². The van der Waals surface area contributed by atoms with Gasteiger partial charge in [0.2, 0.25) is 0 Å². The van der Waals surface area contributed by atoms with Gasteiger partial charge in [-0.05, 0) is 5.19 Å². The Morgan fingerprint density at radius 3 is 2.54 bits per heavy atom. The summed E-state index contributed by atoms with van der Waals surface area (Å²) >= 11 is 0. The van der Waals surface area contributed by atoms with Gasteiger partial charge in [0.05, 0.1) is 13.2 Å². The fourth-order valence-corrected chi connectivity index (χ4v) is 2.02. The van der Waals surface area contributed by atoms with E-state index in [-0.39, 0.29) is 0 Å². The second kappa shape index (κ2) is 5.88. The van der Waals surface area contributed by atoms with Gasteiger partial charge in [0.1, 0.15) is 0 Å². The molecular weight excluding hydrogens is 184 g/mol. The third-order valence-corrected chi connectivity index (χ3v) is 3.15. The first kappa shape index (κ1) is 10.4. The molecule has 13 heavy (non-hydrogen) atoms. The number of benzene rings is 1. The molecule has 0 radical (unpaired) electrons. The summed E-state index contributed by atoms with van der Waals surface area (Å²) in [5.41, 5.74) is 0. The van der Waals surface area contributed by atoms with Crippen LogP contribution in [0.1, 0.15) is 0 Å². The number of methoxy groups -OCH3 is 1. The minimum Gasteiger partial charge on any atom is -0.410 e. The summed E-state index contributed by atoms with van der Waals surface area (Å²) in [6.45, 7) is 0.982. The Labute approximate surface area is 79.8 Å². The van der Waals surface area contributed by atoms with Crippen molar-refractivity contribution in [3.8, 4) is 0 Å². The summed E-state index contributed by atoms with van der Waals surface area (Å²) in [6, 6.07) is 9.46. The molecule has 0 bridgehead atoms. The smallest absolute Gasteiger partial charge is 0.353 e. The maximum Gasteiger partial charge on any atom is 0.353 e. The van der Waals surface area contributed by atoms with Gasteiger partial charge in [-0.15, -0.1) is 0 Å². The molecule has 0 fully saturated rings. The molecule has 0 aromatic heterocycles. The van der Waals surface area contributed by atoms with Crippen molar-refractivity contribution < 1.29 is 14.0 Å². The molecule has 0 aliphatic carbocycles. The fourth-order valence-electron chi connectivity index (χ4n) is 0.957. The van der Waals surface area contributed by atoms with Gasteiger partial charge >= 0.3 is 9.28 Å². The predicted molar refractivity (Wildman–Crippen MR) is 53.3 cm³/mol. The summed E-state index contributed by atoms with van der Waals surface area (Å²) in [5, 5.41) is 0.901. The highest BCUT2D eigenvalue weighted by molar-refractivity contribution is 6.59. The number of rotatable bonds is 5. The SMILES string of the molecule is COCCO[SiH](O)c1ccccc1. The Kier molecular flexibility index (Phi) is 4.70. The number of hydrogen-bond donors (Lipinski definition) is 1. The Morgan fingerprint density at radius 1 is 1.23 bits per heavy atom. The lowest BCUT2D eigenvalue weighted by Gasteiger charge is -2.09. The predicted octanol–water partition coefficient (Wildman–Crippen LogP) is -0.231. The summed E-state index contributed by atoms with van der Waals surface area (Å²) in [5.74, 6) is 0. The van der Waals surface area contributed by atoms with Crippen LogP contribution < -0.4 is 5.19 Å². The van der Waals surface area contributed by atoms with E-state index in [0.29, 0.717) is 13.2 Å². The van der Waals surface area contributed by atoms with Gasteiger partial charge in [-0.3, -0.25) is 0 Å². The van der Waals surface area contributed by atoms with Crippen molar-refractivity contribution in [1.82, 2.24) is 0 Å². The highest BCUT2D eigenvalue weighted by Crippen LogP contribution is 1.87. The van der Waals surface area contributed by atoms with Crippen LogP contribution in [0, 0.1) is 0 Å². The van der Waals surface area contributed by atoms with E-state index >= 15 is 0 Å². The molecule has 0 aliphatic rings. The summed E-state index contributed by atoms with van der Waals surface area (Å²) in [6.07, 6.45) is 0. The molecule has 1 unspecified atom stereocenters. The average molecular weight is 198 g/mol. The van der Waals surface area contributed by atoms with Crippen LogP contribution in [-0.2, 0) is 9.16 Å². The molecule has 0 amide bonds. The van der Waals surface area contributed by atoms with Gasteiger partial charge in [-0.25, -0.2) is 0 Å². The van der Waals surface area contributed by atoms with Crippen molar-refractivity contribution in [3.63, 3.8) is 0 Å². The molecule has 72 valence electrons. The molecule has 4 heteroatoms. The topological polar surface area (TPSA) is 38.7 Å². The minimum absolute atomic E-state index is 0.457. The van der Waals surface area contributed by atoms with Crippen LogP contribution in [0.25, 0.3) is 0 Å². The quantitative estimate of drug-likeness (QED) is 0.525. The molecule has 0 saturated carbocycles. The first-order valence-electron chi connectivity index (χ1n) is 4.18. The number of ether oxygens (including phenoxy) is 1. The Balaban J connectivity index is 2.35.